The number of carbonyl (C=O) groups excluding carboxylic acids is 1. The third-order valence-electron chi connectivity index (χ3n) is 4.03. The molecule has 0 unspecified atom stereocenters. The zero-order valence-corrected chi connectivity index (χ0v) is 13.8. The van der Waals surface area contributed by atoms with Gasteiger partial charge in [-0.1, -0.05) is 0 Å². The molecule has 0 saturated carbocycles. The summed E-state index contributed by atoms with van der Waals surface area (Å²) >= 11 is 0. The van der Waals surface area contributed by atoms with Crippen LogP contribution in [0.2, 0.25) is 0 Å². The molecule has 1 fully saturated rings. The van der Waals surface area contributed by atoms with E-state index in [0.717, 1.165) is 11.6 Å². The molecule has 1 aromatic heterocycles. The van der Waals surface area contributed by atoms with Gasteiger partial charge in [0.25, 0.3) is 5.66 Å². The van der Waals surface area contributed by atoms with Gasteiger partial charge in [-0.05, 0) is 25.0 Å². The van der Waals surface area contributed by atoms with Gasteiger partial charge in [-0.3, -0.25) is 9.69 Å². The Hall–Kier alpha value is -1.75. The molecule has 26 heavy (non-hydrogen) atoms. The molecule has 5 nitrogen and oxygen atoms in total. The number of halogens is 6. The highest BCUT2D eigenvalue weighted by atomic mass is 19.4. The maximum absolute atomic E-state index is 13.7. The SMILES string of the molecule is CC(=O)NC(N(Cc1ccco1)C[C@@H]1CCCO1)(C(F)(F)F)C(F)(F)F. The molecule has 2 rings (SSSR count). The molecule has 0 radical (unpaired) electrons. The molecular weight excluding hydrogens is 370 g/mol. The van der Waals surface area contributed by atoms with E-state index in [0.29, 0.717) is 19.8 Å². The second-order valence-corrected chi connectivity index (χ2v) is 5.98. The first kappa shape index (κ1) is 20.6. The van der Waals surface area contributed by atoms with E-state index in [2.05, 4.69) is 0 Å². The average molecular weight is 388 g/mol. The minimum atomic E-state index is -5.83. The lowest BCUT2D eigenvalue weighted by Crippen LogP contribution is -2.76. The van der Waals surface area contributed by atoms with Crippen molar-refractivity contribution in [3.05, 3.63) is 24.2 Å². The predicted molar refractivity (Wildman–Crippen MR) is 76.7 cm³/mol. The largest absolute Gasteiger partial charge is 0.468 e. The Kier molecular flexibility index (Phi) is 5.91. The number of hydrogen-bond acceptors (Lipinski definition) is 4. The van der Waals surface area contributed by atoms with Gasteiger partial charge in [-0.15, -0.1) is 0 Å². The monoisotopic (exact) mass is 388 g/mol. The Balaban J connectivity index is 2.51. The zero-order valence-electron chi connectivity index (χ0n) is 13.8. The first-order valence-corrected chi connectivity index (χ1v) is 7.78. The van der Waals surface area contributed by atoms with E-state index >= 15 is 0 Å². The van der Waals surface area contributed by atoms with Crippen molar-refractivity contribution in [3.63, 3.8) is 0 Å². The number of nitrogens with zero attached hydrogens (tertiary/aromatic N) is 1. The summed E-state index contributed by atoms with van der Waals surface area (Å²) in [4.78, 5) is 11.4. The topological polar surface area (TPSA) is 54.7 Å². The molecule has 1 aliphatic rings. The third-order valence-corrected chi connectivity index (χ3v) is 4.03. The maximum Gasteiger partial charge on any atom is 0.434 e. The maximum atomic E-state index is 13.7. The van der Waals surface area contributed by atoms with E-state index < -0.39 is 43.1 Å². The van der Waals surface area contributed by atoms with Gasteiger partial charge >= 0.3 is 12.4 Å². The van der Waals surface area contributed by atoms with Crippen LogP contribution in [0.5, 0.6) is 0 Å². The van der Waals surface area contributed by atoms with Crippen LogP contribution >= 0.6 is 0 Å². The van der Waals surface area contributed by atoms with E-state index in [1.165, 1.54) is 12.1 Å². The summed E-state index contributed by atoms with van der Waals surface area (Å²) in [6.07, 6.45) is -10.5. The van der Waals surface area contributed by atoms with Crippen LogP contribution in [0.15, 0.2) is 22.8 Å². The number of hydrogen-bond donors (Lipinski definition) is 1. The van der Waals surface area contributed by atoms with Gasteiger partial charge in [0.2, 0.25) is 5.91 Å². The molecule has 11 heteroatoms. The fourth-order valence-corrected chi connectivity index (χ4v) is 2.94. The van der Waals surface area contributed by atoms with Crippen LogP contribution in [0, 0.1) is 0 Å². The summed E-state index contributed by atoms with van der Waals surface area (Å²) in [6, 6.07) is 2.61. The highest BCUT2D eigenvalue weighted by Gasteiger charge is 2.75. The molecular formula is C15H18F6N2O3. The lowest BCUT2D eigenvalue weighted by atomic mass is 10.0. The van der Waals surface area contributed by atoms with Crippen LogP contribution in [-0.4, -0.2) is 48.1 Å². The Labute approximate surface area is 145 Å². The average Bonchev–Trinajstić information content (AvgIpc) is 3.14. The predicted octanol–water partition coefficient (Wildman–Crippen LogP) is 3.22. The minimum Gasteiger partial charge on any atom is -0.468 e. The molecule has 0 aliphatic carbocycles. The van der Waals surface area contributed by atoms with E-state index in [1.807, 2.05) is 0 Å². The quantitative estimate of drug-likeness (QED) is 0.601. The summed E-state index contributed by atoms with van der Waals surface area (Å²) in [5.74, 6) is -1.57. The van der Waals surface area contributed by atoms with Crippen LogP contribution in [0.4, 0.5) is 26.3 Å². The number of rotatable bonds is 6. The normalized spacial score (nSPS) is 19.2. The fraction of sp³-hybridized carbons (Fsp3) is 0.667. The van der Waals surface area contributed by atoms with Crippen molar-refractivity contribution < 1.29 is 40.3 Å². The van der Waals surface area contributed by atoms with Crippen LogP contribution in [0.25, 0.3) is 0 Å². The number of amides is 1. The summed E-state index contributed by atoms with van der Waals surface area (Å²) in [5, 5.41) is 1.10. The van der Waals surface area contributed by atoms with Gasteiger partial charge in [0, 0.05) is 20.1 Å². The van der Waals surface area contributed by atoms with Gasteiger partial charge < -0.3 is 14.5 Å². The second kappa shape index (κ2) is 7.47. The third kappa shape index (κ3) is 4.14. The Morgan fingerprint density at radius 1 is 1.27 bits per heavy atom. The molecule has 1 atom stereocenters. The van der Waals surface area contributed by atoms with Crippen LogP contribution < -0.4 is 5.32 Å². The molecule has 2 heterocycles. The van der Waals surface area contributed by atoms with Crippen molar-refractivity contribution >= 4 is 5.91 Å². The second-order valence-electron chi connectivity index (χ2n) is 5.98. The number of nitrogens with one attached hydrogen (secondary N) is 1. The Bertz CT molecular complexity index is 580. The summed E-state index contributed by atoms with van der Waals surface area (Å²) < 4.78 is 92.6. The smallest absolute Gasteiger partial charge is 0.434 e. The van der Waals surface area contributed by atoms with Gasteiger partial charge in [-0.2, -0.15) is 26.3 Å². The van der Waals surface area contributed by atoms with Crippen molar-refractivity contribution in [2.24, 2.45) is 0 Å². The lowest BCUT2D eigenvalue weighted by molar-refractivity contribution is -0.353. The first-order valence-electron chi connectivity index (χ1n) is 7.78. The molecule has 1 amide bonds. The molecule has 148 valence electrons. The van der Waals surface area contributed by atoms with Crippen molar-refractivity contribution in [3.8, 4) is 0 Å². The molecule has 1 aromatic rings. The van der Waals surface area contributed by atoms with Crippen molar-refractivity contribution in [1.29, 1.82) is 0 Å². The molecule has 1 saturated heterocycles. The number of carbonyl (C=O) groups is 1. The molecule has 1 aliphatic heterocycles. The number of ether oxygens (including phenoxy) is 1. The first-order chi connectivity index (χ1) is 12.0. The summed E-state index contributed by atoms with van der Waals surface area (Å²) in [6.45, 7) is -0.639. The molecule has 0 spiro atoms. The van der Waals surface area contributed by atoms with Gasteiger partial charge in [0.05, 0.1) is 18.9 Å². The molecule has 1 N–H and O–H groups in total. The minimum absolute atomic E-state index is 0.105. The van der Waals surface area contributed by atoms with E-state index in [4.69, 9.17) is 9.15 Å². The molecule has 0 bridgehead atoms. The Morgan fingerprint density at radius 2 is 1.92 bits per heavy atom. The number of alkyl halides is 6. The highest BCUT2D eigenvalue weighted by molar-refractivity contribution is 5.74. The van der Waals surface area contributed by atoms with Crippen molar-refractivity contribution in [2.75, 3.05) is 13.2 Å². The lowest BCUT2D eigenvalue weighted by Gasteiger charge is -2.45. The van der Waals surface area contributed by atoms with Crippen molar-refractivity contribution in [1.82, 2.24) is 10.2 Å². The standard InChI is InChI=1S/C15H18F6N2O3/c1-10(24)22-13(14(16,17)18,15(19,20)21)23(8-11-4-2-6-25-11)9-12-5-3-7-26-12/h2,4,6,12H,3,5,7-9H2,1H3,(H,22,24)/t12-/m0/s1. The van der Waals surface area contributed by atoms with Crippen LogP contribution in [0.3, 0.4) is 0 Å². The molecule has 0 aromatic carbocycles. The summed E-state index contributed by atoms with van der Waals surface area (Å²) in [7, 11) is 0. The van der Waals surface area contributed by atoms with E-state index in [-0.39, 0.29) is 17.3 Å². The highest BCUT2D eigenvalue weighted by Crippen LogP contribution is 2.46. The van der Waals surface area contributed by atoms with Crippen molar-refractivity contribution in [2.45, 2.75) is 50.4 Å². The zero-order chi connectivity index (χ0) is 19.6. The number of furan rings is 1. The van der Waals surface area contributed by atoms with Gasteiger partial charge in [0.15, 0.2) is 0 Å². The summed E-state index contributed by atoms with van der Waals surface area (Å²) in [5.41, 5.74) is -4.56. The van der Waals surface area contributed by atoms with Crippen LogP contribution in [0.1, 0.15) is 25.5 Å². The van der Waals surface area contributed by atoms with Crippen LogP contribution in [-0.2, 0) is 16.1 Å². The van der Waals surface area contributed by atoms with Gasteiger partial charge in [-0.25, -0.2) is 0 Å². The van der Waals surface area contributed by atoms with Gasteiger partial charge in [0.1, 0.15) is 5.76 Å². The Morgan fingerprint density at radius 3 is 2.35 bits per heavy atom. The van der Waals surface area contributed by atoms with E-state index in [9.17, 15) is 31.1 Å². The van der Waals surface area contributed by atoms with E-state index in [1.54, 1.807) is 0 Å². The fourth-order valence-electron chi connectivity index (χ4n) is 2.94.